The van der Waals surface area contributed by atoms with Gasteiger partial charge in [-0.3, -0.25) is 19.6 Å². The minimum atomic E-state index is -4.26. The highest BCUT2D eigenvalue weighted by atomic mass is 32.2. The number of carboxylic acid groups (broad SMARTS) is 2. The van der Waals surface area contributed by atoms with Crippen molar-refractivity contribution in [1.82, 2.24) is 40.6 Å². The van der Waals surface area contributed by atoms with Crippen LogP contribution in [-0.2, 0) is 48.3 Å². The fraction of sp³-hybridized carbons (Fsp3) is 0.487. The third-order valence-corrected chi connectivity index (χ3v) is 16.6. The van der Waals surface area contributed by atoms with Gasteiger partial charge in [-0.1, -0.05) is 12.1 Å². The number of carboxylic acids is 2. The van der Waals surface area contributed by atoms with Crippen LogP contribution in [0, 0.1) is 0 Å². The van der Waals surface area contributed by atoms with Gasteiger partial charge in [-0.05, 0) is 77.3 Å². The Bertz CT molecular complexity index is 2410. The van der Waals surface area contributed by atoms with Crippen molar-refractivity contribution < 1.29 is 65.3 Å². The van der Waals surface area contributed by atoms with Crippen LogP contribution in [0.15, 0.2) is 59.9 Å². The van der Waals surface area contributed by atoms with Crippen molar-refractivity contribution in [2.75, 3.05) is 66.6 Å². The Hall–Kier alpha value is -6.02. The van der Waals surface area contributed by atoms with Gasteiger partial charge >= 0.3 is 24.1 Å². The van der Waals surface area contributed by atoms with E-state index in [-0.39, 0.29) is 24.2 Å². The maximum atomic E-state index is 13.4. The third kappa shape index (κ3) is 9.29. The van der Waals surface area contributed by atoms with E-state index in [1.54, 1.807) is 36.4 Å². The van der Waals surface area contributed by atoms with E-state index in [0.717, 1.165) is 29.8 Å². The van der Waals surface area contributed by atoms with Crippen molar-refractivity contribution in [3.05, 3.63) is 71.3 Å². The second-order valence-corrected chi connectivity index (χ2v) is 20.5. The van der Waals surface area contributed by atoms with Crippen molar-refractivity contribution in [2.45, 2.75) is 52.6 Å². The normalized spacial score (nSPS) is 27.1. The summed E-state index contributed by atoms with van der Waals surface area (Å²) < 4.78 is 59.4. The van der Waals surface area contributed by atoms with Crippen LogP contribution in [0.5, 0.6) is 0 Å². The van der Waals surface area contributed by atoms with Crippen LogP contribution < -0.4 is 21.7 Å². The maximum Gasteiger partial charge on any atom is 0.407 e. The molecule has 0 aliphatic carbocycles. The summed E-state index contributed by atoms with van der Waals surface area (Å²) in [6, 6.07) is 6.48. The lowest BCUT2D eigenvalue weighted by Crippen LogP contribution is -2.59. The van der Waals surface area contributed by atoms with Gasteiger partial charge in [0, 0.05) is 45.1 Å². The van der Waals surface area contributed by atoms with Crippen LogP contribution >= 0.6 is 0 Å². The zero-order valence-corrected chi connectivity index (χ0v) is 37.0. The maximum absolute atomic E-state index is 13.4. The molecule has 2 aromatic rings. The van der Waals surface area contributed by atoms with Gasteiger partial charge in [0.1, 0.15) is 22.7 Å². The van der Waals surface area contributed by atoms with Crippen molar-refractivity contribution in [3.63, 3.8) is 0 Å². The van der Waals surface area contributed by atoms with E-state index >= 15 is 0 Å². The molecule has 23 nitrogen and oxygen atoms in total. The number of alkyl carbamates (subject to hydrolysis) is 2. The van der Waals surface area contributed by atoms with Gasteiger partial charge in [0.15, 0.2) is 42.5 Å². The minimum absolute atomic E-state index is 0.0669. The number of carbonyl (C=O) groups excluding carboxylic acids is 4. The molecule has 4 amide bonds. The number of likely N-dealkylation sites (N-methyl/N-ethyl adjacent to an activating group) is 2. The summed E-state index contributed by atoms with van der Waals surface area (Å²) in [5.74, 6) is -4.41. The highest BCUT2D eigenvalue weighted by molar-refractivity contribution is 7.94. The van der Waals surface area contributed by atoms with Crippen LogP contribution in [0.25, 0.3) is 12.2 Å². The Morgan fingerprint density at radius 2 is 1.19 bits per heavy atom. The predicted molar refractivity (Wildman–Crippen MR) is 227 cm³/mol. The largest absolute Gasteiger partial charge is 0.480 e. The van der Waals surface area contributed by atoms with Crippen LogP contribution in [0.4, 0.5) is 9.59 Å². The van der Waals surface area contributed by atoms with E-state index in [2.05, 4.69) is 25.9 Å². The number of hydrogen-bond acceptors (Lipinski definition) is 17. The smallest absolute Gasteiger partial charge is 0.407 e. The molecule has 0 aromatic carbocycles. The quantitative estimate of drug-likeness (QED) is 0.0597. The van der Waals surface area contributed by atoms with E-state index < -0.39 is 101 Å². The number of amides is 4. The number of rotatable bonds is 17. The molecule has 6 atom stereocenters. The lowest BCUT2D eigenvalue weighted by molar-refractivity contribution is -0.153. The summed E-state index contributed by atoms with van der Waals surface area (Å²) in [6.07, 6.45) is 4.37. The first-order chi connectivity index (χ1) is 30.2. The Labute approximate surface area is 368 Å². The van der Waals surface area contributed by atoms with Crippen molar-refractivity contribution >= 4 is 67.8 Å². The van der Waals surface area contributed by atoms with Crippen molar-refractivity contribution in [2.24, 2.45) is 5.73 Å². The Morgan fingerprint density at radius 3 is 1.56 bits per heavy atom. The Morgan fingerprint density at radius 1 is 0.766 bits per heavy atom. The molecule has 4 saturated heterocycles. The molecule has 4 aliphatic heterocycles. The van der Waals surface area contributed by atoms with E-state index in [4.69, 9.17) is 15.2 Å². The molecule has 0 unspecified atom stereocenters. The number of aliphatic carboxylic acids is 2. The fourth-order valence-corrected chi connectivity index (χ4v) is 12.2. The lowest BCUT2D eigenvalue weighted by Gasteiger charge is -2.37. The minimum Gasteiger partial charge on any atom is -0.480 e. The molecule has 2 aromatic heterocycles. The zero-order valence-electron chi connectivity index (χ0n) is 35.4. The van der Waals surface area contributed by atoms with Gasteiger partial charge in [-0.15, -0.1) is 0 Å². The molecule has 348 valence electrons. The average Bonchev–Trinajstić information content (AvgIpc) is 3.53. The van der Waals surface area contributed by atoms with Crippen LogP contribution in [0.1, 0.15) is 31.7 Å². The first-order valence-corrected chi connectivity index (χ1v) is 23.0. The van der Waals surface area contributed by atoms with Gasteiger partial charge in [-0.25, -0.2) is 36.0 Å². The molecule has 0 spiro atoms. The molecule has 6 heterocycles. The SMILES string of the molecule is CNCCN(C)CCNC(=O)OC[C@@]1(C)[C@H](C(=O)O)N2C(=O)/C(=C/c3ccccn3)[C@H]2S1(=O)=O.C[C@]1(COC(=O)NCCCN)[C@H](C(=O)O)N2C(=O)/C(=C/c3ccccn3)[C@H]2S1(=O)=O. The number of pyridine rings is 2. The highest BCUT2D eigenvalue weighted by Gasteiger charge is 2.74. The molecule has 7 N–H and O–H groups in total. The van der Waals surface area contributed by atoms with E-state index in [0.29, 0.717) is 30.9 Å². The van der Waals surface area contributed by atoms with Gasteiger partial charge in [0.05, 0.1) is 22.5 Å². The number of β-lactam (4-membered cyclic amide) rings is 2. The Kier molecular flexibility index (Phi) is 15.2. The number of aromatic nitrogens is 2. The Balaban J connectivity index is 0.000000243. The summed E-state index contributed by atoms with van der Waals surface area (Å²) >= 11 is 0. The molecule has 25 heteroatoms. The van der Waals surface area contributed by atoms with E-state index in [1.807, 2.05) is 19.0 Å². The second-order valence-electron chi connectivity index (χ2n) is 15.6. The van der Waals surface area contributed by atoms with Crippen molar-refractivity contribution in [3.8, 4) is 0 Å². The molecular weight excluding hydrogens is 883 g/mol. The van der Waals surface area contributed by atoms with Gasteiger partial charge in [0.25, 0.3) is 11.8 Å². The van der Waals surface area contributed by atoms with Gasteiger partial charge in [-0.2, -0.15) is 0 Å². The summed E-state index contributed by atoms with van der Waals surface area (Å²) in [5.41, 5.74) is 5.93. The molecule has 64 heavy (non-hydrogen) atoms. The van der Waals surface area contributed by atoms with Crippen LogP contribution in [-0.4, -0.2) is 187 Å². The number of fused-ring (bicyclic) bond motifs is 2. The number of nitrogens with zero attached hydrogens (tertiary/aromatic N) is 5. The van der Waals surface area contributed by atoms with Crippen molar-refractivity contribution in [1.29, 1.82) is 0 Å². The number of ether oxygens (including phenoxy) is 2. The zero-order chi connectivity index (χ0) is 47.2. The van der Waals surface area contributed by atoms with Gasteiger partial charge in [0.2, 0.25) is 0 Å². The summed E-state index contributed by atoms with van der Waals surface area (Å²) in [7, 11) is -4.79. The van der Waals surface area contributed by atoms with E-state index in [1.165, 1.54) is 31.5 Å². The summed E-state index contributed by atoms with van der Waals surface area (Å²) in [6.45, 7) is 3.82. The third-order valence-electron chi connectivity index (χ3n) is 11.2. The topological polar surface area (TPSA) is 327 Å². The number of sulfone groups is 2. The fourth-order valence-electron chi connectivity index (χ4n) is 7.60. The monoisotopic (exact) mass is 933 g/mol. The average molecular weight is 934 g/mol. The number of hydrogen-bond donors (Lipinski definition) is 6. The molecule has 0 saturated carbocycles. The number of nitrogens with one attached hydrogen (secondary N) is 3. The number of carbonyl (C=O) groups is 6. The van der Waals surface area contributed by atoms with E-state index in [9.17, 15) is 55.8 Å². The van der Waals surface area contributed by atoms with Crippen LogP contribution in [0.2, 0.25) is 0 Å². The second kappa shape index (κ2) is 19.8. The molecule has 4 fully saturated rings. The molecule has 4 aliphatic rings. The number of nitrogens with two attached hydrogens (primary N) is 1. The first kappa shape index (κ1) is 49.0. The molecule has 0 bridgehead atoms. The lowest BCUT2D eigenvalue weighted by atomic mass is 9.94. The predicted octanol–water partition coefficient (Wildman–Crippen LogP) is -1.50. The van der Waals surface area contributed by atoms with Crippen LogP contribution in [0.3, 0.4) is 0 Å². The highest BCUT2D eigenvalue weighted by Crippen LogP contribution is 2.50. The molecular formula is C39H51N9O14S2. The summed E-state index contributed by atoms with van der Waals surface area (Å²) in [5, 5.41) is 24.5. The van der Waals surface area contributed by atoms with Gasteiger partial charge < -0.3 is 56.1 Å². The summed E-state index contributed by atoms with van der Waals surface area (Å²) in [4.78, 5) is 85.0. The standard InChI is InChI=1S/C21H29N5O7S.C18H22N4O7S/c1-21(13-33-20(30)24-9-11-25(3)10-8-22-2)16(19(28)29)26-17(27)15(18(26)34(21,31)32)12-14-6-4-5-7-23-14;1-18(10-29-17(26)21-8-4-6-19)13(16(24)25)22-14(23)12(15(22)30(18,27)28)9-11-5-2-3-7-20-11/h4-7,12,16,18,22H,8-11,13H2,1-3H3,(H,24,30)(H,28,29);2-3,5,7,9,13,15H,4,6,8,10,19H2,1H3,(H,21,26)(H,24,25)/b15-12-;12-9-/t16-,18+,21-;13-,15+,18-/m00/s1. The molecule has 6 rings (SSSR count). The molecule has 0 radical (unpaired) electrons. The first-order valence-electron chi connectivity index (χ1n) is 19.9.